The van der Waals surface area contributed by atoms with Crippen LogP contribution in [0.15, 0.2) is 78.9 Å². The molecule has 0 fully saturated rings. The average Bonchev–Trinajstić information content (AvgIpc) is 3.28. The molecule has 0 saturated heterocycles. The minimum absolute atomic E-state index is 0.0198. The summed E-state index contributed by atoms with van der Waals surface area (Å²) in [7, 11) is 0. The molecule has 0 bridgehead atoms. The average molecular weight is 424 g/mol. The molecule has 0 radical (unpaired) electrons. The van der Waals surface area contributed by atoms with Crippen LogP contribution in [-0.2, 0) is 11.2 Å². The van der Waals surface area contributed by atoms with Crippen molar-refractivity contribution in [3.8, 4) is 0 Å². The van der Waals surface area contributed by atoms with Crippen molar-refractivity contribution in [2.45, 2.75) is 19.4 Å². The lowest BCUT2D eigenvalue weighted by molar-refractivity contribution is -0.122. The van der Waals surface area contributed by atoms with Gasteiger partial charge in [0.05, 0.1) is 6.04 Å². The van der Waals surface area contributed by atoms with Gasteiger partial charge in [-0.2, -0.15) is 0 Å². The van der Waals surface area contributed by atoms with Crippen LogP contribution >= 0.6 is 0 Å². The standard InChI is InChI=1S/C27H25N3O2/c1-18-25(22-13-7-8-14-23(22)29-18)26-20-11-5-6-12-21(20)27(32)30(26)17-24(31)28-16-15-19-9-3-2-4-10-19/h2-14,26,29H,15-17H2,1H3,(H,28,31)/t26-/m1/s1. The molecule has 5 rings (SSSR count). The summed E-state index contributed by atoms with van der Waals surface area (Å²) in [5.41, 5.74) is 5.88. The number of fused-ring (bicyclic) bond motifs is 2. The molecule has 0 spiro atoms. The molecule has 3 aromatic carbocycles. The minimum atomic E-state index is -0.297. The van der Waals surface area contributed by atoms with Crippen molar-refractivity contribution in [3.05, 3.63) is 107 Å². The number of aromatic nitrogens is 1. The summed E-state index contributed by atoms with van der Waals surface area (Å²) in [6.45, 7) is 2.58. The topological polar surface area (TPSA) is 65.2 Å². The second-order valence-corrected chi connectivity index (χ2v) is 8.22. The number of hydrogen-bond donors (Lipinski definition) is 2. The van der Waals surface area contributed by atoms with Crippen LogP contribution in [-0.4, -0.2) is 34.8 Å². The third kappa shape index (κ3) is 3.56. The van der Waals surface area contributed by atoms with E-state index in [0.717, 1.165) is 34.1 Å². The maximum atomic E-state index is 13.3. The number of carbonyl (C=O) groups excluding carboxylic acids is 2. The van der Waals surface area contributed by atoms with Gasteiger partial charge in [0.15, 0.2) is 0 Å². The molecule has 0 saturated carbocycles. The molecule has 2 amide bonds. The van der Waals surface area contributed by atoms with Gasteiger partial charge >= 0.3 is 0 Å². The molecule has 1 aliphatic heterocycles. The van der Waals surface area contributed by atoms with E-state index in [-0.39, 0.29) is 24.4 Å². The van der Waals surface area contributed by atoms with Gasteiger partial charge in [0, 0.05) is 34.3 Å². The summed E-state index contributed by atoms with van der Waals surface area (Å²) in [6.07, 6.45) is 0.756. The maximum Gasteiger partial charge on any atom is 0.255 e. The number of rotatable bonds is 6. The van der Waals surface area contributed by atoms with Gasteiger partial charge in [0.2, 0.25) is 5.91 Å². The van der Waals surface area contributed by atoms with E-state index in [9.17, 15) is 9.59 Å². The third-order valence-corrected chi connectivity index (χ3v) is 6.17. The second-order valence-electron chi connectivity index (χ2n) is 8.22. The molecule has 1 aliphatic rings. The molecule has 32 heavy (non-hydrogen) atoms. The van der Waals surface area contributed by atoms with Gasteiger partial charge < -0.3 is 15.2 Å². The quantitative estimate of drug-likeness (QED) is 0.483. The Kier molecular flexibility index (Phi) is 5.23. The number of hydrogen-bond acceptors (Lipinski definition) is 2. The molecule has 5 heteroatoms. The number of amides is 2. The lowest BCUT2D eigenvalue weighted by Gasteiger charge is -2.25. The fourth-order valence-corrected chi connectivity index (χ4v) is 4.70. The summed E-state index contributed by atoms with van der Waals surface area (Å²) < 4.78 is 0. The van der Waals surface area contributed by atoms with Crippen LogP contribution in [0, 0.1) is 6.92 Å². The molecular formula is C27H25N3O2. The van der Waals surface area contributed by atoms with Gasteiger partial charge in [0.1, 0.15) is 6.54 Å². The van der Waals surface area contributed by atoms with Crippen LogP contribution in [0.5, 0.6) is 0 Å². The number of aryl methyl sites for hydroxylation is 1. The summed E-state index contributed by atoms with van der Waals surface area (Å²) in [5, 5.41) is 4.06. The van der Waals surface area contributed by atoms with Crippen molar-refractivity contribution < 1.29 is 9.59 Å². The molecular weight excluding hydrogens is 398 g/mol. The van der Waals surface area contributed by atoms with Crippen molar-refractivity contribution >= 4 is 22.7 Å². The Morgan fingerprint density at radius 1 is 0.969 bits per heavy atom. The number of para-hydroxylation sites is 1. The van der Waals surface area contributed by atoms with E-state index in [4.69, 9.17) is 0 Å². The van der Waals surface area contributed by atoms with Gasteiger partial charge in [-0.05, 0) is 36.6 Å². The van der Waals surface area contributed by atoms with Crippen LogP contribution in [0.4, 0.5) is 0 Å². The van der Waals surface area contributed by atoms with E-state index in [2.05, 4.69) is 16.4 Å². The zero-order valence-electron chi connectivity index (χ0n) is 18.0. The molecule has 2 N–H and O–H groups in total. The largest absolute Gasteiger partial charge is 0.358 e. The lowest BCUT2D eigenvalue weighted by atomic mass is 9.95. The van der Waals surface area contributed by atoms with Crippen LogP contribution in [0.1, 0.15) is 38.8 Å². The van der Waals surface area contributed by atoms with E-state index in [0.29, 0.717) is 12.1 Å². The van der Waals surface area contributed by atoms with Crippen LogP contribution in [0.25, 0.3) is 10.9 Å². The summed E-state index contributed by atoms with van der Waals surface area (Å²) >= 11 is 0. The fourth-order valence-electron chi connectivity index (χ4n) is 4.70. The van der Waals surface area contributed by atoms with E-state index >= 15 is 0 Å². The monoisotopic (exact) mass is 423 g/mol. The number of carbonyl (C=O) groups is 2. The Hall–Kier alpha value is -3.86. The molecule has 0 unspecified atom stereocenters. The normalized spacial score (nSPS) is 15.2. The van der Waals surface area contributed by atoms with Crippen LogP contribution in [0.2, 0.25) is 0 Å². The van der Waals surface area contributed by atoms with Crippen molar-refractivity contribution in [2.75, 3.05) is 13.1 Å². The van der Waals surface area contributed by atoms with Crippen molar-refractivity contribution in [1.29, 1.82) is 0 Å². The highest BCUT2D eigenvalue weighted by Gasteiger charge is 2.40. The van der Waals surface area contributed by atoms with Crippen molar-refractivity contribution in [2.24, 2.45) is 0 Å². The first kappa shape index (κ1) is 20.1. The second kappa shape index (κ2) is 8.35. The SMILES string of the molecule is Cc1[nH]c2ccccc2c1[C@H]1c2ccccc2C(=O)N1CC(=O)NCCc1ccccc1. The number of nitrogens with zero attached hydrogens (tertiary/aromatic N) is 1. The first-order chi connectivity index (χ1) is 15.6. The Morgan fingerprint density at radius 2 is 1.69 bits per heavy atom. The van der Waals surface area contributed by atoms with Gasteiger partial charge in [-0.25, -0.2) is 0 Å². The van der Waals surface area contributed by atoms with Crippen LogP contribution in [0.3, 0.4) is 0 Å². The van der Waals surface area contributed by atoms with Crippen molar-refractivity contribution in [1.82, 2.24) is 15.2 Å². The fraction of sp³-hybridized carbons (Fsp3) is 0.185. The molecule has 0 aliphatic carbocycles. The molecule has 1 aromatic heterocycles. The Morgan fingerprint density at radius 3 is 2.53 bits per heavy atom. The number of H-pyrrole nitrogens is 1. The number of aromatic amines is 1. The molecule has 4 aromatic rings. The van der Waals surface area contributed by atoms with Gasteiger partial charge in [-0.1, -0.05) is 66.7 Å². The first-order valence-corrected chi connectivity index (χ1v) is 10.9. The highest BCUT2D eigenvalue weighted by molar-refractivity contribution is 6.02. The van der Waals surface area contributed by atoms with E-state index < -0.39 is 0 Å². The molecule has 1 atom stereocenters. The summed E-state index contributed by atoms with van der Waals surface area (Å²) in [5.74, 6) is -0.252. The minimum Gasteiger partial charge on any atom is -0.358 e. The van der Waals surface area contributed by atoms with Crippen LogP contribution < -0.4 is 5.32 Å². The molecule has 2 heterocycles. The van der Waals surface area contributed by atoms with E-state index in [1.165, 1.54) is 5.56 Å². The summed E-state index contributed by atoms with van der Waals surface area (Å²) in [6, 6.07) is 25.5. The smallest absolute Gasteiger partial charge is 0.255 e. The summed E-state index contributed by atoms with van der Waals surface area (Å²) in [4.78, 5) is 31.3. The Bertz CT molecular complexity index is 1290. The van der Waals surface area contributed by atoms with E-state index in [1.807, 2.05) is 79.7 Å². The number of benzene rings is 3. The predicted octanol–water partition coefficient (Wildman–Crippen LogP) is 4.38. The van der Waals surface area contributed by atoms with E-state index in [1.54, 1.807) is 4.90 Å². The van der Waals surface area contributed by atoms with Crippen molar-refractivity contribution in [3.63, 3.8) is 0 Å². The first-order valence-electron chi connectivity index (χ1n) is 10.9. The molecule has 5 nitrogen and oxygen atoms in total. The maximum absolute atomic E-state index is 13.3. The zero-order chi connectivity index (χ0) is 22.1. The third-order valence-electron chi connectivity index (χ3n) is 6.17. The van der Waals surface area contributed by atoms with Gasteiger partial charge in [-0.15, -0.1) is 0 Å². The highest BCUT2D eigenvalue weighted by atomic mass is 16.2. The Balaban J connectivity index is 1.42. The zero-order valence-corrected chi connectivity index (χ0v) is 18.0. The lowest BCUT2D eigenvalue weighted by Crippen LogP contribution is -2.40. The predicted molar refractivity (Wildman–Crippen MR) is 126 cm³/mol. The molecule has 160 valence electrons. The van der Waals surface area contributed by atoms with Gasteiger partial charge in [0.25, 0.3) is 5.91 Å². The highest BCUT2D eigenvalue weighted by Crippen LogP contribution is 2.42. The van der Waals surface area contributed by atoms with Gasteiger partial charge in [-0.3, -0.25) is 9.59 Å². The Labute approximate surface area is 187 Å². The number of nitrogens with one attached hydrogen (secondary N) is 2.